The van der Waals surface area contributed by atoms with Gasteiger partial charge in [-0.15, -0.1) is 0 Å². The van der Waals surface area contributed by atoms with Crippen LogP contribution in [0.15, 0.2) is 42.9 Å². The van der Waals surface area contributed by atoms with Gasteiger partial charge in [0.1, 0.15) is 12.1 Å². The molecule has 1 aromatic heterocycles. The molecule has 1 aromatic carbocycles. The van der Waals surface area contributed by atoms with Gasteiger partial charge in [-0.25, -0.2) is 9.97 Å². The Morgan fingerprint density at radius 1 is 1.16 bits per heavy atom. The molecule has 1 N–H and O–H groups in total. The summed E-state index contributed by atoms with van der Waals surface area (Å²) in [5.74, 6) is 0.868. The number of aromatic nitrogens is 2. The number of benzene rings is 1. The van der Waals surface area contributed by atoms with Crippen molar-refractivity contribution in [3.63, 3.8) is 0 Å². The monoisotopic (exact) mass is 256 g/mol. The Balaban J connectivity index is 1.93. The molecule has 0 radical (unpaired) electrons. The maximum atomic E-state index is 4.17. The maximum Gasteiger partial charge on any atom is 0.129 e. The highest BCUT2D eigenvalue weighted by Gasteiger charge is 2.04. The molecule has 0 spiro atoms. The van der Waals surface area contributed by atoms with Crippen molar-refractivity contribution in [1.29, 1.82) is 0 Å². The van der Waals surface area contributed by atoms with Crippen LogP contribution in [0.25, 0.3) is 0 Å². The molecule has 0 fully saturated rings. The van der Waals surface area contributed by atoms with E-state index in [1.165, 1.54) is 11.3 Å². The minimum atomic E-state index is 0.333. The third kappa shape index (κ3) is 3.95. The second kappa shape index (κ2) is 6.18. The van der Waals surface area contributed by atoms with Gasteiger partial charge in [-0.3, -0.25) is 0 Å². The van der Waals surface area contributed by atoms with Crippen LogP contribution in [0.2, 0.25) is 0 Å². The number of nitrogens with one attached hydrogen (secondary N) is 1. The van der Waals surface area contributed by atoms with Crippen LogP contribution < -0.4 is 10.2 Å². The molecule has 0 unspecified atom stereocenters. The summed E-state index contributed by atoms with van der Waals surface area (Å²) in [5.41, 5.74) is 2.54. The Labute approximate surface area is 114 Å². The molecular weight excluding hydrogens is 236 g/mol. The highest BCUT2D eigenvalue weighted by atomic mass is 15.1. The first-order valence-corrected chi connectivity index (χ1v) is 6.44. The Kier molecular flexibility index (Phi) is 4.34. The largest absolute Gasteiger partial charge is 0.378 e. The third-order valence-electron chi connectivity index (χ3n) is 2.97. The second-order valence-electron chi connectivity index (χ2n) is 4.91. The van der Waals surface area contributed by atoms with Gasteiger partial charge >= 0.3 is 0 Å². The van der Waals surface area contributed by atoms with Crippen molar-refractivity contribution in [2.45, 2.75) is 19.4 Å². The van der Waals surface area contributed by atoms with Crippen LogP contribution in [-0.4, -0.2) is 30.1 Å². The van der Waals surface area contributed by atoms with Gasteiger partial charge in [-0.2, -0.15) is 0 Å². The Morgan fingerprint density at radius 2 is 1.89 bits per heavy atom. The molecule has 0 bridgehead atoms. The fraction of sp³-hybridized carbons (Fsp3) is 0.333. The fourth-order valence-electron chi connectivity index (χ4n) is 1.96. The third-order valence-corrected chi connectivity index (χ3v) is 2.97. The first-order chi connectivity index (χ1) is 9.15. The Hall–Kier alpha value is -2.10. The van der Waals surface area contributed by atoms with Crippen LogP contribution >= 0.6 is 0 Å². The quantitative estimate of drug-likeness (QED) is 0.892. The molecule has 0 aliphatic carbocycles. The van der Waals surface area contributed by atoms with E-state index in [2.05, 4.69) is 51.4 Å². The fourth-order valence-corrected chi connectivity index (χ4v) is 1.96. The average Bonchev–Trinajstić information content (AvgIpc) is 2.40. The molecule has 2 aromatic rings. The number of hydrogen-bond donors (Lipinski definition) is 1. The molecule has 19 heavy (non-hydrogen) atoms. The molecule has 4 heteroatoms. The molecule has 0 saturated carbocycles. The lowest BCUT2D eigenvalue weighted by Crippen LogP contribution is -2.18. The lowest BCUT2D eigenvalue weighted by Gasteiger charge is -2.16. The Bertz CT molecular complexity index is 493. The van der Waals surface area contributed by atoms with Crippen molar-refractivity contribution in [3.8, 4) is 0 Å². The van der Waals surface area contributed by atoms with E-state index in [4.69, 9.17) is 0 Å². The molecule has 0 aliphatic rings. The predicted octanol–water partition coefficient (Wildman–Crippen LogP) is 2.59. The highest BCUT2D eigenvalue weighted by molar-refractivity contribution is 5.46. The molecule has 1 atom stereocenters. The van der Waals surface area contributed by atoms with E-state index in [1.807, 2.05) is 20.2 Å². The van der Waals surface area contributed by atoms with Gasteiger partial charge < -0.3 is 10.2 Å². The first-order valence-electron chi connectivity index (χ1n) is 6.44. The van der Waals surface area contributed by atoms with E-state index in [1.54, 1.807) is 12.5 Å². The second-order valence-corrected chi connectivity index (χ2v) is 4.91. The van der Waals surface area contributed by atoms with Gasteiger partial charge in [0.15, 0.2) is 0 Å². The van der Waals surface area contributed by atoms with E-state index >= 15 is 0 Å². The SMILES string of the molecule is C[C@H](Cc1ccc(N(C)C)cc1)Nc1ccncn1. The molecular formula is C15H20N4. The number of hydrogen-bond acceptors (Lipinski definition) is 4. The number of rotatable bonds is 5. The van der Waals surface area contributed by atoms with Gasteiger partial charge in [0.05, 0.1) is 0 Å². The summed E-state index contributed by atoms with van der Waals surface area (Å²) in [6.45, 7) is 2.15. The summed E-state index contributed by atoms with van der Waals surface area (Å²) in [6, 6.07) is 10.9. The summed E-state index contributed by atoms with van der Waals surface area (Å²) in [5, 5.41) is 3.37. The van der Waals surface area contributed by atoms with Crippen molar-refractivity contribution in [3.05, 3.63) is 48.4 Å². The molecule has 100 valence electrons. The van der Waals surface area contributed by atoms with Gasteiger partial charge in [-0.05, 0) is 37.1 Å². The summed E-state index contributed by atoms with van der Waals surface area (Å²) in [4.78, 5) is 10.2. The number of anilines is 2. The van der Waals surface area contributed by atoms with E-state index in [0.717, 1.165) is 12.2 Å². The normalized spacial score (nSPS) is 11.9. The summed E-state index contributed by atoms with van der Waals surface area (Å²) >= 11 is 0. The van der Waals surface area contributed by atoms with E-state index in [-0.39, 0.29) is 0 Å². The molecule has 0 amide bonds. The van der Waals surface area contributed by atoms with Gasteiger partial charge in [0, 0.05) is 32.0 Å². The minimum Gasteiger partial charge on any atom is -0.378 e. The summed E-state index contributed by atoms with van der Waals surface area (Å²) in [6.07, 6.45) is 4.27. The van der Waals surface area contributed by atoms with Crippen LogP contribution in [0, 0.1) is 0 Å². The van der Waals surface area contributed by atoms with Crippen LogP contribution in [0.1, 0.15) is 12.5 Å². The lowest BCUT2D eigenvalue weighted by atomic mass is 10.1. The standard InChI is InChI=1S/C15H20N4/c1-12(18-15-8-9-16-11-17-15)10-13-4-6-14(7-5-13)19(2)3/h4-9,11-12H,10H2,1-3H3,(H,16,17,18)/t12-/m1/s1. The van der Waals surface area contributed by atoms with Crippen LogP contribution in [0.5, 0.6) is 0 Å². The maximum absolute atomic E-state index is 4.17. The topological polar surface area (TPSA) is 41.0 Å². The van der Waals surface area contributed by atoms with E-state index in [9.17, 15) is 0 Å². The zero-order valence-electron chi connectivity index (χ0n) is 11.7. The van der Waals surface area contributed by atoms with Gasteiger partial charge in [0.2, 0.25) is 0 Å². The summed E-state index contributed by atoms with van der Waals surface area (Å²) < 4.78 is 0. The van der Waals surface area contributed by atoms with E-state index < -0.39 is 0 Å². The zero-order valence-corrected chi connectivity index (χ0v) is 11.7. The summed E-state index contributed by atoms with van der Waals surface area (Å²) in [7, 11) is 4.10. The van der Waals surface area contributed by atoms with E-state index in [0.29, 0.717) is 6.04 Å². The van der Waals surface area contributed by atoms with Crippen molar-refractivity contribution >= 4 is 11.5 Å². The molecule has 0 saturated heterocycles. The lowest BCUT2D eigenvalue weighted by molar-refractivity contribution is 0.783. The number of nitrogens with zero attached hydrogens (tertiary/aromatic N) is 3. The van der Waals surface area contributed by atoms with Crippen molar-refractivity contribution in [1.82, 2.24) is 9.97 Å². The predicted molar refractivity (Wildman–Crippen MR) is 79.6 cm³/mol. The average molecular weight is 256 g/mol. The zero-order chi connectivity index (χ0) is 13.7. The van der Waals surface area contributed by atoms with Crippen molar-refractivity contribution in [2.75, 3.05) is 24.3 Å². The minimum absolute atomic E-state index is 0.333. The van der Waals surface area contributed by atoms with Crippen molar-refractivity contribution < 1.29 is 0 Å². The molecule has 4 nitrogen and oxygen atoms in total. The highest BCUT2D eigenvalue weighted by Crippen LogP contribution is 2.14. The molecule has 2 rings (SSSR count). The molecule has 0 aliphatic heterocycles. The van der Waals surface area contributed by atoms with Gasteiger partial charge in [-0.1, -0.05) is 12.1 Å². The van der Waals surface area contributed by atoms with Crippen LogP contribution in [0.3, 0.4) is 0 Å². The van der Waals surface area contributed by atoms with Crippen molar-refractivity contribution in [2.24, 2.45) is 0 Å². The van der Waals surface area contributed by atoms with Gasteiger partial charge in [0.25, 0.3) is 0 Å². The van der Waals surface area contributed by atoms with Crippen LogP contribution in [-0.2, 0) is 6.42 Å². The first kappa shape index (κ1) is 13.3. The molecule has 1 heterocycles. The Morgan fingerprint density at radius 3 is 2.47 bits per heavy atom. The van der Waals surface area contributed by atoms with Crippen LogP contribution in [0.4, 0.5) is 11.5 Å². The smallest absolute Gasteiger partial charge is 0.129 e.